The number of nitrogens with two attached hydrogens (primary N) is 1. The number of alkyl halides is 1. The number of hydrogen-bond acceptors (Lipinski definition) is 11. The normalized spacial score (nSPS) is 15.2. The number of imide groups is 2. The van der Waals surface area contributed by atoms with Crippen LogP contribution in [-0.2, 0) is 32.9 Å². The minimum atomic E-state index is -4.20. The van der Waals surface area contributed by atoms with Crippen LogP contribution in [0.3, 0.4) is 0 Å². The van der Waals surface area contributed by atoms with E-state index in [1.807, 2.05) is 6.92 Å². The molecule has 49 heavy (non-hydrogen) atoms. The van der Waals surface area contributed by atoms with Gasteiger partial charge >= 0.3 is 51.4 Å². The predicted molar refractivity (Wildman–Crippen MR) is 187 cm³/mol. The van der Waals surface area contributed by atoms with Crippen LogP contribution >= 0.6 is 23.1 Å². The number of amides is 4. The minimum Gasteiger partial charge on any atom is -0.602 e. The molecule has 3 aromatic carbocycles. The van der Waals surface area contributed by atoms with E-state index in [9.17, 15) is 30.8 Å². The van der Waals surface area contributed by atoms with Gasteiger partial charge in [0.2, 0.25) is 1.43 Å². The van der Waals surface area contributed by atoms with Crippen LogP contribution in [0, 0.1) is 13.8 Å². The van der Waals surface area contributed by atoms with E-state index < -0.39 is 66.2 Å². The van der Waals surface area contributed by atoms with Gasteiger partial charge < -0.3 is 25.7 Å². The van der Waals surface area contributed by atoms with E-state index in [0.29, 0.717) is 4.90 Å². The van der Waals surface area contributed by atoms with Crippen LogP contribution in [0.15, 0.2) is 82.6 Å². The topological polar surface area (TPSA) is 209 Å². The molecule has 0 saturated heterocycles. The molecular formula is C30H43Cl2FKN3O10S2. The molecule has 0 aliphatic carbocycles. The van der Waals surface area contributed by atoms with Crippen LogP contribution < -0.4 is 57.1 Å². The quantitative estimate of drug-likeness (QED) is 0.125. The van der Waals surface area contributed by atoms with Crippen molar-refractivity contribution in [1.82, 2.24) is 4.90 Å². The van der Waals surface area contributed by atoms with E-state index in [0.717, 1.165) is 11.1 Å². The van der Waals surface area contributed by atoms with Gasteiger partial charge in [0.25, 0.3) is 31.0 Å². The summed E-state index contributed by atoms with van der Waals surface area (Å²) in [7, 11) is -9.16. The number of rotatable bonds is 5. The summed E-state index contributed by atoms with van der Waals surface area (Å²) in [5.41, 5.74) is 6.54. The molecule has 0 atom stereocenters. The van der Waals surface area contributed by atoms with Gasteiger partial charge in [-0.25, -0.2) is 8.42 Å². The Bertz CT molecular complexity index is 1970. The number of fused-ring (bicyclic) bond motifs is 1. The molecule has 4 amide bonds. The maximum absolute atomic E-state index is 11.6. The van der Waals surface area contributed by atoms with E-state index in [-0.39, 0.29) is 105 Å². The maximum Gasteiger partial charge on any atom is 1.00 e. The molecule has 0 aromatic heterocycles. The SMILES string of the molecule is C.Cc1ccc(S(=O)(=O)Cl)cc1.Cl.O=C[N-]C=O.[2H]C([2H])([2H])N.[2H]C([2H])([2H])N1C(=O)c2ccccc2C1=O.[2H]C([2H])([2H])OS(=O)(=O)c1ccc(C)cc1.[2H]CF.[2H]OC([2H])([2H])[2H].[K+]. The summed E-state index contributed by atoms with van der Waals surface area (Å²) in [6.45, 7) is -1.29. The fourth-order valence-corrected chi connectivity index (χ4v) is 4.00. The van der Waals surface area contributed by atoms with E-state index >= 15 is 0 Å². The number of halogens is 3. The third-order valence-corrected chi connectivity index (χ3v) is 7.08. The number of nitrogens with zero attached hydrogens (tertiary/aromatic N) is 2. The first kappa shape index (κ1) is 32.8. The smallest absolute Gasteiger partial charge is 0.602 e. The summed E-state index contributed by atoms with van der Waals surface area (Å²) in [5.74, 6) is -1.51. The average molecular weight is 813 g/mol. The van der Waals surface area contributed by atoms with Gasteiger partial charge in [0.1, 0.15) is 0 Å². The number of aliphatic hydroxyl groups is 1. The molecule has 13 nitrogen and oxygen atoms in total. The molecule has 3 aromatic rings. The van der Waals surface area contributed by atoms with Crippen LogP contribution in [0.1, 0.15) is 57.1 Å². The first-order valence-corrected chi connectivity index (χ1v) is 15.1. The van der Waals surface area contributed by atoms with Gasteiger partial charge in [-0.05, 0) is 57.2 Å². The van der Waals surface area contributed by atoms with Crippen molar-refractivity contribution >= 4 is 66.9 Å². The summed E-state index contributed by atoms with van der Waals surface area (Å²) in [6, 6.07) is 18.2. The molecule has 0 unspecified atom stereocenters. The number of carbonyl (C=O) groups excluding carboxylic acids is 4. The minimum absolute atomic E-state index is 0. The zero-order chi connectivity index (χ0) is 47.9. The number of carbonyl (C=O) groups is 4. The fourth-order valence-electron chi connectivity index (χ4n) is 2.67. The molecule has 19 heteroatoms. The van der Waals surface area contributed by atoms with Crippen molar-refractivity contribution in [1.29, 1.82) is 1.43 Å². The Morgan fingerprint density at radius 1 is 0.898 bits per heavy atom. The molecular weight excluding hydrogens is 755 g/mol. The van der Waals surface area contributed by atoms with Crippen molar-refractivity contribution in [3.63, 3.8) is 0 Å². The second kappa shape index (κ2) is 33.0. The fraction of sp³-hybridized carbons (Fsp3) is 0.267. The number of aryl methyl sites for hydroxylation is 2. The van der Waals surface area contributed by atoms with Gasteiger partial charge in [-0.15, -0.1) is 12.4 Å². The monoisotopic (exact) mass is 811 g/mol. The Morgan fingerprint density at radius 3 is 1.53 bits per heavy atom. The van der Waals surface area contributed by atoms with E-state index in [4.69, 9.17) is 39.5 Å². The maximum atomic E-state index is 11.6. The summed E-state index contributed by atoms with van der Waals surface area (Å²) in [5, 5.41) is 5.80. The van der Waals surface area contributed by atoms with Gasteiger partial charge in [-0.3, -0.25) is 23.1 Å². The molecule has 4 rings (SSSR count). The zero-order valence-corrected chi connectivity index (χ0v) is 31.7. The van der Waals surface area contributed by atoms with Crippen LogP contribution in [-0.4, -0.2) is 88.1 Å². The van der Waals surface area contributed by atoms with Gasteiger partial charge in [-0.2, -0.15) is 8.42 Å². The summed E-state index contributed by atoms with van der Waals surface area (Å²) >= 11 is 0. The Balaban J connectivity index is -0.000000159. The second-order valence-corrected chi connectivity index (χ2v) is 11.6. The van der Waals surface area contributed by atoms with Gasteiger partial charge in [-0.1, -0.05) is 55.0 Å². The van der Waals surface area contributed by atoms with E-state index in [1.165, 1.54) is 36.4 Å². The zero-order valence-electron chi connectivity index (χ0n) is 39.3. The molecule has 0 bridgehead atoms. The first-order chi connectivity index (χ1) is 27.0. The van der Waals surface area contributed by atoms with Crippen molar-refractivity contribution in [2.24, 2.45) is 5.73 Å². The van der Waals surface area contributed by atoms with E-state index in [1.54, 1.807) is 43.3 Å². The van der Waals surface area contributed by atoms with Gasteiger partial charge in [0.05, 0.1) is 44.7 Å². The van der Waals surface area contributed by atoms with Gasteiger partial charge in [0, 0.05) is 45.7 Å². The molecule has 0 spiro atoms. The van der Waals surface area contributed by atoms with Crippen molar-refractivity contribution in [2.75, 3.05) is 35.2 Å². The molecule has 3 N–H and O–H groups in total. The van der Waals surface area contributed by atoms with Crippen molar-refractivity contribution < 1.29 is 119 Å². The average Bonchev–Trinajstić information content (AvgIpc) is 3.34. The summed E-state index contributed by atoms with van der Waals surface area (Å²) < 4.78 is 147. The first-order valence-electron chi connectivity index (χ1n) is 18.5. The molecule has 1 aliphatic heterocycles. The summed E-state index contributed by atoms with van der Waals surface area (Å²) in [6.07, 6.45) is 0.375. The van der Waals surface area contributed by atoms with Crippen molar-refractivity contribution in [3.05, 3.63) is 100 Å². The van der Waals surface area contributed by atoms with Crippen molar-refractivity contribution in [2.45, 2.75) is 31.1 Å². The third kappa shape index (κ3) is 23.1. The van der Waals surface area contributed by atoms with Gasteiger partial charge in [0.15, 0.2) is 0 Å². The Labute approximate surface area is 361 Å². The van der Waals surface area contributed by atoms with E-state index in [2.05, 4.69) is 20.3 Å². The largest absolute Gasteiger partial charge is 1.00 e. The molecule has 0 fully saturated rings. The Hall–Kier alpha value is -2.13. The number of hydrogen-bond donors (Lipinski definition) is 2. The molecule has 0 radical (unpaired) electrons. The molecule has 1 heterocycles. The molecule has 1 aliphatic rings. The number of benzene rings is 3. The van der Waals surface area contributed by atoms with Crippen LogP contribution in [0.5, 0.6) is 0 Å². The second-order valence-electron chi connectivity index (χ2n) is 7.45. The summed E-state index contributed by atoms with van der Waals surface area (Å²) in [4.78, 5) is 41.5. The standard InChI is InChI=1S/C9H7NO2.C8H10O3S.C7H7ClO2S.C2H3NO2.CH3F.CH5N.CH4O.CH4.ClH.K/c1-10-8(11)6-4-2-3-5-7(6)9(10)12;1-7-3-5-8(6-4-7)12(9,10)11-2;1-6-2-4-7(5-3-6)11(8,9)10;4-1-3-2-5;3*1-2;;;/h2-5H,1H3;3-6H,1-2H3;2-5H,1H3;1-2H,(H,3,4,5);1H3;2H2,1H3;2H,1H3;1H4;1H;/q;;;;;;;;;+1/p-1/i1D3;2D3;;;1D;1D3;1D3,2D;;;. The van der Waals surface area contributed by atoms with Crippen LogP contribution in [0.2, 0.25) is 0 Å². The van der Waals surface area contributed by atoms with Crippen LogP contribution in [0.25, 0.3) is 5.32 Å². The molecule has 272 valence electrons. The predicted octanol–water partition coefficient (Wildman–Crippen LogP) is 1.67. The van der Waals surface area contributed by atoms with Crippen LogP contribution in [0.4, 0.5) is 4.39 Å². The Kier molecular flexibility index (Phi) is 22.1. The van der Waals surface area contributed by atoms with Crippen molar-refractivity contribution in [3.8, 4) is 0 Å². The molecule has 0 saturated carbocycles. The third-order valence-electron chi connectivity index (χ3n) is 4.64. The Morgan fingerprint density at radius 2 is 1.27 bits per heavy atom.